The Hall–Kier alpha value is -0.600. The third-order valence-corrected chi connectivity index (χ3v) is 2.99. The molecule has 2 fully saturated rings. The lowest BCUT2D eigenvalue weighted by molar-refractivity contribution is -0.0182. The molecule has 1 aliphatic carbocycles. The lowest BCUT2D eigenvalue weighted by Gasteiger charge is -2.47. The minimum absolute atomic E-state index is 0.363. The van der Waals surface area contributed by atoms with Gasteiger partial charge >= 0.3 is 0 Å². The van der Waals surface area contributed by atoms with Gasteiger partial charge in [-0.05, 0) is 19.3 Å². The second-order valence-electron chi connectivity index (χ2n) is 3.40. The van der Waals surface area contributed by atoms with Crippen molar-refractivity contribution in [2.45, 2.75) is 37.6 Å². The molecule has 0 aromatic carbocycles. The van der Waals surface area contributed by atoms with Gasteiger partial charge in [0.15, 0.2) is 0 Å². The van der Waals surface area contributed by atoms with Gasteiger partial charge in [0.25, 0.3) is 0 Å². The molecule has 0 amide bonds. The summed E-state index contributed by atoms with van der Waals surface area (Å²) >= 11 is 0. The van der Waals surface area contributed by atoms with Crippen LogP contribution in [0.1, 0.15) is 32.1 Å². The van der Waals surface area contributed by atoms with E-state index in [2.05, 4.69) is 5.22 Å². The van der Waals surface area contributed by atoms with Crippen molar-refractivity contribution in [2.24, 2.45) is 5.22 Å². The van der Waals surface area contributed by atoms with Crippen LogP contribution in [0, 0.1) is 5.53 Å². The fourth-order valence-corrected chi connectivity index (χ4v) is 2.23. The highest BCUT2D eigenvalue weighted by atomic mass is 15.6. The highest BCUT2D eigenvalue weighted by Gasteiger charge is 2.46. The molecule has 56 valence electrons. The molecule has 1 aliphatic heterocycles. The molecule has 3 heteroatoms. The average Bonchev–Trinajstić information content (AvgIpc) is 2.35. The van der Waals surface area contributed by atoms with Crippen LogP contribution < -0.4 is 0 Å². The molecular weight excluding hydrogens is 126 g/mol. The summed E-state index contributed by atoms with van der Waals surface area (Å²) in [5.74, 6) is 0. The van der Waals surface area contributed by atoms with Crippen LogP contribution in [0.4, 0.5) is 0 Å². The van der Waals surface area contributed by atoms with Gasteiger partial charge in [0.2, 0.25) is 0 Å². The second kappa shape index (κ2) is 1.94. The maximum Gasteiger partial charge on any atom is 0.0613 e. The zero-order chi connectivity index (χ0) is 7.03. The normalized spacial score (nSPS) is 28.6. The molecule has 2 aliphatic rings. The molecule has 0 unspecified atom stereocenters. The van der Waals surface area contributed by atoms with Crippen molar-refractivity contribution < 1.29 is 0 Å². The third-order valence-electron chi connectivity index (χ3n) is 2.99. The molecule has 0 aromatic heterocycles. The van der Waals surface area contributed by atoms with Gasteiger partial charge in [0, 0.05) is 6.54 Å². The quantitative estimate of drug-likeness (QED) is 0.554. The van der Waals surface area contributed by atoms with Crippen molar-refractivity contribution in [2.75, 3.05) is 6.54 Å². The van der Waals surface area contributed by atoms with Crippen molar-refractivity contribution in [1.29, 1.82) is 5.53 Å². The Morgan fingerprint density at radius 1 is 1.20 bits per heavy atom. The fraction of sp³-hybridized carbons (Fsp3) is 1.00. The van der Waals surface area contributed by atoms with Gasteiger partial charge in [-0.2, -0.15) is 5.53 Å². The molecular formula is C7H13N3. The summed E-state index contributed by atoms with van der Waals surface area (Å²) in [7, 11) is 0. The summed E-state index contributed by atoms with van der Waals surface area (Å²) in [6, 6.07) is 0. The highest BCUT2D eigenvalue weighted by molar-refractivity contribution is 5.00. The van der Waals surface area contributed by atoms with Crippen LogP contribution >= 0.6 is 0 Å². The van der Waals surface area contributed by atoms with Gasteiger partial charge < -0.3 is 0 Å². The zero-order valence-electron chi connectivity index (χ0n) is 6.14. The van der Waals surface area contributed by atoms with Crippen molar-refractivity contribution in [3.05, 3.63) is 0 Å². The number of hydrogen-bond donors (Lipinski definition) is 1. The topological polar surface area (TPSA) is 39.5 Å². The minimum atomic E-state index is 0.363. The second-order valence-corrected chi connectivity index (χ2v) is 3.40. The van der Waals surface area contributed by atoms with Gasteiger partial charge in [0.05, 0.1) is 5.54 Å². The predicted molar refractivity (Wildman–Crippen MR) is 37.7 cm³/mol. The van der Waals surface area contributed by atoms with Crippen molar-refractivity contribution in [3.63, 3.8) is 0 Å². The van der Waals surface area contributed by atoms with Crippen LogP contribution in [-0.4, -0.2) is 17.1 Å². The first-order valence-electron chi connectivity index (χ1n) is 4.02. The van der Waals surface area contributed by atoms with E-state index in [4.69, 9.17) is 5.53 Å². The van der Waals surface area contributed by atoms with Gasteiger partial charge in [0.1, 0.15) is 0 Å². The van der Waals surface area contributed by atoms with Crippen LogP contribution in [0.25, 0.3) is 0 Å². The van der Waals surface area contributed by atoms with Crippen molar-refractivity contribution in [1.82, 2.24) is 5.01 Å². The standard InChI is InChI=1S/C7H13N3/c8-9-10-6-5-7(10)3-1-2-4-7/h8H,1-6H2. The number of rotatable bonds is 1. The first kappa shape index (κ1) is 6.13. The van der Waals surface area contributed by atoms with E-state index in [0.29, 0.717) is 5.54 Å². The summed E-state index contributed by atoms with van der Waals surface area (Å²) in [5.41, 5.74) is 7.26. The van der Waals surface area contributed by atoms with E-state index in [0.717, 1.165) is 6.54 Å². The summed E-state index contributed by atoms with van der Waals surface area (Å²) in [5, 5.41) is 5.47. The number of hydrogen-bond acceptors (Lipinski definition) is 2. The minimum Gasteiger partial charge on any atom is -0.273 e. The number of nitrogens with zero attached hydrogens (tertiary/aromatic N) is 2. The van der Waals surface area contributed by atoms with E-state index in [-0.39, 0.29) is 0 Å². The van der Waals surface area contributed by atoms with Crippen LogP contribution in [0.3, 0.4) is 0 Å². The van der Waals surface area contributed by atoms with E-state index < -0.39 is 0 Å². The van der Waals surface area contributed by atoms with Gasteiger partial charge in [-0.15, -0.1) is 0 Å². The SMILES string of the molecule is N=NN1CCC12CCCC2. The Balaban J connectivity index is 2.07. The Morgan fingerprint density at radius 3 is 2.30 bits per heavy atom. The smallest absolute Gasteiger partial charge is 0.0613 e. The van der Waals surface area contributed by atoms with E-state index in [1.807, 2.05) is 5.01 Å². The third kappa shape index (κ3) is 0.604. The molecule has 10 heavy (non-hydrogen) atoms. The first-order valence-corrected chi connectivity index (χ1v) is 4.02. The largest absolute Gasteiger partial charge is 0.273 e. The fourth-order valence-electron chi connectivity index (χ4n) is 2.23. The van der Waals surface area contributed by atoms with Gasteiger partial charge in [-0.1, -0.05) is 18.1 Å². The van der Waals surface area contributed by atoms with Crippen LogP contribution in [0.2, 0.25) is 0 Å². The van der Waals surface area contributed by atoms with Crippen LogP contribution in [-0.2, 0) is 0 Å². The zero-order valence-corrected chi connectivity index (χ0v) is 6.14. The molecule has 1 N–H and O–H groups in total. The maximum absolute atomic E-state index is 6.90. The first-order chi connectivity index (χ1) is 4.87. The maximum atomic E-state index is 6.90. The molecule has 0 radical (unpaired) electrons. The molecule has 2 rings (SSSR count). The monoisotopic (exact) mass is 139 g/mol. The Morgan fingerprint density at radius 2 is 1.90 bits per heavy atom. The van der Waals surface area contributed by atoms with E-state index in [1.54, 1.807) is 0 Å². The predicted octanol–water partition coefficient (Wildman–Crippen LogP) is 1.95. The molecule has 1 spiro atoms. The van der Waals surface area contributed by atoms with E-state index >= 15 is 0 Å². The van der Waals surface area contributed by atoms with Gasteiger partial charge in [-0.3, -0.25) is 5.01 Å². The summed E-state index contributed by atoms with van der Waals surface area (Å²) < 4.78 is 0. The molecule has 0 aromatic rings. The molecule has 0 bridgehead atoms. The molecule has 0 atom stereocenters. The Bertz CT molecular complexity index is 149. The van der Waals surface area contributed by atoms with Crippen LogP contribution in [0.5, 0.6) is 0 Å². The molecule has 1 heterocycles. The number of nitrogens with one attached hydrogen (secondary N) is 1. The van der Waals surface area contributed by atoms with Crippen LogP contribution in [0.15, 0.2) is 5.22 Å². The van der Waals surface area contributed by atoms with Crippen molar-refractivity contribution >= 4 is 0 Å². The lowest BCUT2D eigenvalue weighted by atomic mass is 9.85. The molecule has 3 nitrogen and oxygen atoms in total. The van der Waals surface area contributed by atoms with E-state index in [9.17, 15) is 0 Å². The van der Waals surface area contributed by atoms with Gasteiger partial charge in [-0.25, -0.2) is 0 Å². The molecule has 1 saturated heterocycles. The summed E-state index contributed by atoms with van der Waals surface area (Å²) in [4.78, 5) is 0. The summed E-state index contributed by atoms with van der Waals surface area (Å²) in [6.45, 7) is 1.02. The molecule has 1 saturated carbocycles. The van der Waals surface area contributed by atoms with Crippen molar-refractivity contribution in [3.8, 4) is 0 Å². The average molecular weight is 139 g/mol. The lowest BCUT2D eigenvalue weighted by Crippen LogP contribution is -2.54. The Labute approximate surface area is 60.9 Å². The van der Waals surface area contributed by atoms with E-state index in [1.165, 1.54) is 32.1 Å². The summed E-state index contributed by atoms with van der Waals surface area (Å²) in [6.07, 6.45) is 6.50. The Kier molecular flexibility index (Phi) is 1.19. The highest BCUT2D eigenvalue weighted by Crippen LogP contribution is 2.44.